The summed E-state index contributed by atoms with van der Waals surface area (Å²) in [6, 6.07) is 14.7. The van der Waals surface area contributed by atoms with Gasteiger partial charge >= 0.3 is 5.97 Å². The predicted octanol–water partition coefficient (Wildman–Crippen LogP) is 3.56. The van der Waals surface area contributed by atoms with Gasteiger partial charge in [-0.15, -0.1) is 0 Å². The number of rotatable bonds is 3. The minimum atomic E-state index is -0.389. The van der Waals surface area contributed by atoms with Gasteiger partial charge < -0.3 is 4.74 Å². The number of nitrogens with one attached hydrogen (secondary N) is 1. The fraction of sp³-hybridized carbons (Fsp3) is 0.190. The smallest absolute Gasteiger partial charge is 0.337 e. The maximum absolute atomic E-state index is 13.1. The van der Waals surface area contributed by atoms with Crippen molar-refractivity contribution in [2.45, 2.75) is 19.9 Å². The van der Waals surface area contributed by atoms with Crippen molar-refractivity contribution >= 4 is 17.6 Å². The van der Waals surface area contributed by atoms with Gasteiger partial charge in [-0.25, -0.2) is 4.79 Å². The average Bonchev–Trinajstić information content (AvgIpc) is 3.20. The Morgan fingerprint density at radius 1 is 1.07 bits per heavy atom. The first-order chi connectivity index (χ1) is 13.0. The quantitative estimate of drug-likeness (QED) is 0.724. The van der Waals surface area contributed by atoms with Crippen LogP contribution >= 0.6 is 0 Å². The van der Waals surface area contributed by atoms with Crippen LogP contribution in [0.1, 0.15) is 49.3 Å². The Labute approximate surface area is 156 Å². The highest BCUT2D eigenvalue weighted by Gasteiger charge is 2.42. The van der Waals surface area contributed by atoms with E-state index in [-0.39, 0.29) is 17.9 Å². The van der Waals surface area contributed by atoms with Crippen molar-refractivity contribution < 1.29 is 14.3 Å². The maximum Gasteiger partial charge on any atom is 0.337 e. The van der Waals surface area contributed by atoms with Crippen LogP contribution < -0.4 is 4.90 Å². The summed E-state index contributed by atoms with van der Waals surface area (Å²) in [5, 5.41) is 7.13. The van der Waals surface area contributed by atoms with E-state index in [1.54, 1.807) is 17.0 Å². The molecular formula is C21H19N3O3. The topological polar surface area (TPSA) is 75.3 Å². The number of ether oxygens (including phenoxy) is 1. The molecule has 0 saturated carbocycles. The van der Waals surface area contributed by atoms with Gasteiger partial charge in [-0.3, -0.25) is 14.8 Å². The normalized spacial score (nSPS) is 15.7. The molecule has 1 aromatic heterocycles. The summed E-state index contributed by atoms with van der Waals surface area (Å²) in [4.78, 5) is 26.6. The zero-order chi connectivity index (χ0) is 19.1. The number of fused-ring (bicyclic) bond motifs is 1. The molecule has 4 rings (SSSR count). The fourth-order valence-electron chi connectivity index (χ4n) is 3.50. The second kappa shape index (κ2) is 6.39. The summed E-state index contributed by atoms with van der Waals surface area (Å²) in [5.41, 5.74) is 5.47. The number of aromatic amines is 1. The summed E-state index contributed by atoms with van der Waals surface area (Å²) in [6.45, 7) is 3.92. The van der Waals surface area contributed by atoms with Gasteiger partial charge in [-0.1, -0.05) is 29.8 Å². The number of methoxy groups -OCH3 is 1. The highest BCUT2D eigenvalue weighted by Crippen LogP contribution is 2.42. The highest BCUT2D eigenvalue weighted by atomic mass is 16.5. The van der Waals surface area contributed by atoms with Gasteiger partial charge in [0.2, 0.25) is 0 Å². The van der Waals surface area contributed by atoms with E-state index in [4.69, 9.17) is 4.74 Å². The molecular weight excluding hydrogens is 342 g/mol. The Hall–Kier alpha value is -3.41. The first-order valence-electron chi connectivity index (χ1n) is 8.64. The second-order valence-electron chi connectivity index (χ2n) is 6.64. The summed E-state index contributed by atoms with van der Waals surface area (Å²) < 4.78 is 4.76. The van der Waals surface area contributed by atoms with E-state index in [2.05, 4.69) is 10.2 Å². The van der Waals surface area contributed by atoms with Gasteiger partial charge in [0.15, 0.2) is 5.69 Å². The Kier molecular flexibility index (Phi) is 4.03. The standard InChI is InChI=1S/C21H19N3O3/c1-12-4-10-16(11-5-12)24-19(17-13(2)22-23-18(17)20(24)25)14-6-8-15(9-7-14)21(26)27-3/h4-11,19H,1-3H3,(H,22,23)/t19-/m1/s1. The molecule has 2 heterocycles. The fourth-order valence-corrected chi connectivity index (χ4v) is 3.50. The van der Waals surface area contributed by atoms with Crippen molar-refractivity contribution in [1.82, 2.24) is 10.2 Å². The number of carbonyl (C=O) groups excluding carboxylic acids is 2. The van der Waals surface area contributed by atoms with Crippen LogP contribution in [0.2, 0.25) is 0 Å². The summed E-state index contributed by atoms with van der Waals surface area (Å²) in [7, 11) is 1.35. The minimum absolute atomic E-state index is 0.139. The molecule has 1 atom stereocenters. The number of benzene rings is 2. The van der Waals surface area contributed by atoms with Gasteiger partial charge in [0.25, 0.3) is 5.91 Å². The molecule has 0 aliphatic carbocycles. The first kappa shape index (κ1) is 17.0. The molecule has 1 aliphatic rings. The molecule has 0 saturated heterocycles. The zero-order valence-corrected chi connectivity index (χ0v) is 15.3. The van der Waals surface area contributed by atoms with Crippen LogP contribution in [0, 0.1) is 13.8 Å². The Morgan fingerprint density at radius 2 is 1.74 bits per heavy atom. The molecule has 6 nitrogen and oxygen atoms in total. The molecule has 2 aromatic carbocycles. The number of H-pyrrole nitrogens is 1. The molecule has 1 N–H and O–H groups in total. The second-order valence-corrected chi connectivity index (χ2v) is 6.64. The Morgan fingerprint density at radius 3 is 2.37 bits per heavy atom. The van der Waals surface area contributed by atoms with Crippen LogP contribution in [-0.2, 0) is 4.74 Å². The molecule has 0 fully saturated rings. The predicted molar refractivity (Wildman–Crippen MR) is 101 cm³/mol. The molecule has 3 aromatic rings. The summed E-state index contributed by atoms with van der Waals surface area (Å²) in [6.07, 6.45) is 0. The number of hydrogen-bond acceptors (Lipinski definition) is 4. The van der Waals surface area contributed by atoms with E-state index in [1.165, 1.54) is 7.11 Å². The third kappa shape index (κ3) is 2.70. The lowest BCUT2D eigenvalue weighted by Crippen LogP contribution is -2.29. The molecule has 0 unspecified atom stereocenters. The van der Waals surface area contributed by atoms with Gasteiger partial charge in [0.05, 0.1) is 18.7 Å². The van der Waals surface area contributed by atoms with Crippen LogP contribution in [0.4, 0.5) is 5.69 Å². The maximum atomic E-state index is 13.1. The summed E-state index contributed by atoms with van der Waals surface area (Å²) >= 11 is 0. The SMILES string of the molecule is COC(=O)c1ccc([C@@H]2c3c(n[nH]c3C)C(=O)N2c2ccc(C)cc2)cc1. The lowest BCUT2D eigenvalue weighted by atomic mass is 9.97. The summed E-state index contributed by atoms with van der Waals surface area (Å²) in [5.74, 6) is -0.528. The van der Waals surface area contributed by atoms with E-state index in [0.717, 1.165) is 28.1 Å². The van der Waals surface area contributed by atoms with Crippen molar-refractivity contribution in [3.63, 3.8) is 0 Å². The molecule has 1 aliphatic heterocycles. The van der Waals surface area contributed by atoms with Crippen LogP contribution in [-0.4, -0.2) is 29.2 Å². The van der Waals surface area contributed by atoms with Gasteiger partial charge in [-0.05, 0) is 43.7 Å². The minimum Gasteiger partial charge on any atom is -0.465 e. The van der Waals surface area contributed by atoms with Gasteiger partial charge in [0, 0.05) is 16.9 Å². The Balaban J connectivity index is 1.83. The lowest BCUT2D eigenvalue weighted by molar-refractivity contribution is 0.0600. The van der Waals surface area contributed by atoms with Crippen LogP contribution in [0.5, 0.6) is 0 Å². The number of hydrogen-bond donors (Lipinski definition) is 1. The number of anilines is 1. The van der Waals surface area contributed by atoms with E-state index in [0.29, 0.717) is 11.3 Å². The van der Waals surface area contributed by atoms with Crippen LogP contribution in [0.3, 0.4) is 0 Å². The van der Waals surface area contributed by atoms with Gasteiger partial charge in [-0.2, -0.15) is 5.10 Å². The first-order valence-corrected chi connectivity index (χ1v) is 8.64. The molecule has 6 heteroatoms. The molecule has 0 bridgehead atoms. The van der Waals surface area contributed by atoms with E-state index < -0.39 is 0 Å². The van der Waals surface area contributed by atoms with Crippen molar-refractivity contribution in [2.24, 2.45) is 0 Å². The van der Waals surface area contributed by atoms with E-state index >= 15 is 0 Å². The van der Waals surface area contributed by atoms with Crippen molar-refractivity contribution in [2.75, 3.05) is 12.0 Å². The number of carbonyl (C=O) groups is 2. The number of esters is 1. The molecule has 27 heavy (non-hydrogen) atoms. The largest absolute Gasteiger partial charge is 0.465 e. The number of amides is 1. The molecule has 0 spiro atoms. The van der Waals surface area contributed by atoms with E-state index in [9.17, 15) is 9.59 Å². The lowest BCUT2D eigenvalue weighted by Gasteiger charge is -2.26. The van der Waals surface area contributed by atoms with Crippen LogP contribution in [0.15, 0.2) is 48.5 Å². The monoisotopic (exact) mass is 361 g/mol. The number of aromatic nitrogens is 2. The van der Waals surface area contributed by atoms with Crippen molar-refractivity contribution in [1.29, 1.82) is 0 Å². The van der Waals surface area contributed by atoms with Gasteiger partial charge in [0.1, 0.15) is 0 Å². The van der Waals surface area contributed by atoms with Crippen molar-refractivity contribution in [3.05, 3.63) is 82.2 Å². The van der Waals surface area contributed by atoms with Crippen LogP contribution in [0.25, 0.3) is 0 Å². The third-order valence-electron chi connectivity index (χ3n) is 4.91. The zero-order valence-electron chi connectivity index (χ0n) is 15.3. The molecule has 0 radical (unpaired) electrons. The molecule has 136 valence electrons. The van der Waals surface area contributed by atoms with E-state index in [1.807, 2.05) is 50.2 Å². The Bertz CT molecular complexity index is 1020. The number of aryl methyl sites for hydroxylation is 2. The molecule has 1 amide bonds. The van der Waals surface area contributed by atoms with Crippen molar-refractivity contribution in [3.8, 4) is 0 Å². The average molecular weight is 361 g/mol. The highest BCUT2D eigenvalue weighted by molar-refractivity contribution is 6.10. The third-order valence-corrected chi connectivity index (χ3v) is 4.91. The number of nitrogens with zero attached hydrogens (tertiary/aromatic N) is 2.